The molecule has 0 aromatic heterocycles. The molecule has 0 aliphatic carbocycles. The number of carboxylic acid groups (broad SMARTS) is 1. The summed E-state index contributed by atoms with van der Waals surface area (Å²) in [5.41, 5.74) is 15.6. The highest BCUT2D eigenvalue weighted by Crippen LogP contribution is 2.06. The van der Waals surface area contributed by atoms with Gasteiger partial charge in [0, 0.05) is 12.8 Å². The Kier molecular flexibility index (Phi) is 12.5. The van der Waals surface area contributed by atoms with Gasteiger partial charge in [-0.1, -0.05) is 13.8 Å². The van der Waals surface area contributed by atoms with Gasteiger partial charge in [-0.3, -0.25) is 24.0 Å². The number of carbonyl (C=O) groups is 6. The van der Waals surface area contributed by atoms with Gasteiger partial charge in [0.1, 0.15) is 12.1 Å². The molecule has 0 aliphatic heterocycles. The summed E-state index contributed by atoms with van der Waals surface area (Å²) < 4.78 is 0. The Morgan fingerprint density at radius 3 is 1.87 bits per heavy atom. The second-order valence-corrected chi connectivity index (χ2v) is 7.48. The molecule has 13 nitrogen and oxygen atoms in total. The first-order valence-corrected chi connectivity index (χ1v) is 9.75. The second-order valence-electron chi connectivity index (χ2n) is 7.48. The highest BCUT2D eigenvalue weighted by atomic mass is 16.4. The zero-order valence-electron chi connectivity index (χ0n) is 17.7. The molecule has 0 saturated heterocycles. The fraction of sp³-hybridized carbons (Fsp3) is 0.667. The molecule has 0 rings (SSSR count). The number of nitrogens with two attached hydrogens (primary N) is 3. The highest BCUT2D eigenvalue weighted by Gasteiger charge is 2.27. The molecule has 0 saturated carbocycles. The van der Waals surface area contributed by atoms with Crippen molar-refractivity contribution in [3.8, 4) is 0 Å². The van der Waals surface area contributed by atoms with Crippen LogP contribution in [0.1, 0.15) is 46.0 Å². The normalized spacial score (nSPS) is 13.5. The summed E-state index contributed by atoms with van der Waals surface area (Å²) in [7, 11) is 0. The largest absolute Gasteiger partial charge is 0.480 e. The Labute approximate surface area is 179 Å². The summed E-state index contributed by atoms with van der Waals surface area (Å²) in [6.07, 6.45) is -0.329. The first-order valence-electron chi connectivity index (χ1n) is 9.75. The lowest BCUT2D eigenvalue weighted by molar-refractivity contribution is -0.143. The lowest BCUT2D eigenvalue weighted by atomic mass is 10.0. The first-order chi connectivity index (χ1) is 14.3. The lowest BCUT2D eigenvalue weighted by Crippen LogP contribution is -2.54. The van der Waals surface area contributed by atoms with Crippen LogP contribution < -0.4 is 33.2 Å². The predicted octanol–water partition coefficient (Wildman–Crippen LogP) is -2.94. The molecule has 10 N–H and O–H groups in total. The van der Waals surface area contributed by atoms with Crippen molar-refractivity contribution in [2.45, 2.75) is 64.1 Å². The number of carbonyl (C=O) groups excluding carboxylic acids is 5. The van der Waals surface area contributed by atoms with Crippen molar-refractivity contribution in [3.05, 3.63) is 0 Å². The van der Waals surface area contributed by atoms with Gasteiger partial charge in [0.25, 0.3) is 0 Å². The third kappa shape index (κ3) is 12.8. The number of amides is 5. The van der Waals surface area contributed by atoms with Crippen LogP contribution in [-0.4, -0.2) is 65.3 Å². The Hall–Kier alpha value is -3.22. The van der Waals surface area contributed by atoms with Crippen molar-refractivity contribution in [2.75, 3.05) is 6.54 Å². The van der Waals surface area contributed by atoms with E-state index in [-0.39, 0.29) is 38.0 Å². The van der Waals surface area contributed by atoms with Gasteiger partial charge in [-0.15, -0.1) is 0 Å². The van der Waals surface area contributed by atoms with Crippen LogP contribution in [0.4, 0.5) is 0 Å². The fourth-order valence-electron chi connectivity index (χ4n) is 2.49. The van der Waals surface area contributed by atoms with E-state index in [9.17, 15) is 33.9 Å². The van der Waals surface area contributed by atoms with E-state index in [0.29, 0.717) is 0 Å². The third-order valence-corrected chi connectivity index (χ3v) is 4.11. The van der Waals surface area contributed by atoms with E-state index in [0.717, 1.165) is 0 Å². The van der Waals surface area contributed by atoms with Crippen LogP contribution in [0.3, 0.4) is 0 Å². The van der Waals surface area contributed by atoms with E-state index in [1.165, 1.54) is 0 Å². The fourth-order valence-corrected chi connectivity index (χ4v) is 2.49. The molecule has 0 aromatic rings. The molecule has 0 spiro atoms. The maximum Gasteiger partial charge on any atom is 0.326 e. The zero-order chi connectivity index (χ0) is 24.1. The Morgan fingerprint density at radius 1 is 0.839 bits per heavy atom. The Morgan fingerprint density at radius 2 is 1.39 bits per heavy atom. The van der Waals surface area contributed by atoms with Crippen LogP contribution >= 0.6 is 0 Å². The summed E-state index contributed by atoms with van der Waals surface area (Å²) in [5, 5.41) is 16.2. The Bertz CT molecular complexity index is 682. The number of nitrogens with one attached hydrogen (secondary N) is 3. The molecule has 0 aliphatic rings. The van der Waals surface area contributed by atoms with Gasteiger partial charge >= 0.3 is 5.97 Å². The van der Waals surface area contributed by atoms with Crippen LogP contribution in [-0.2, 0) is 28.8 Å². The minimum atomic E-state index is -1.24. The van der Waals surface area contributed by atoms with Gasteiger partial charge in [-0.05, 0) is 25.2 Å². The van der Waals surface area contributed by atoms with E-state index >= 15 is 0 Å². The number of hydrogen-bond donors (Lipinski definition) is 7. The number of rotatable bonds is 15. The average Bonchev–Trinajstić information content (AvgIpc) is 2.65. The second kappa shape index (κ2) is 13.9. The summed E-state index contributed by atoms with van der Waals surface area (Å²) >= 11 is 0. The highest BCUT2D eigenvalue weighted by molar-refractivity contribution is 5.93. The molecule has 176 valence electrons. The van der Waals surface area contributed by atoms with Crippen LogP contribution in [0.15, 0.2) is 0 Å². The van der Waals surface area contributed by atoms with Crippen molar-refractivity contribution in [2.24, 2.45) is 23.1 Å². The minimum Gasteiger partial charge on any atom is -0.480 e. The molecule has 0 aromatic carbocycles. The lowest BCUT2D eigenvalue weighted by Gasteiger charge is -2.22. The summed E-state index contributed by atoms with van der Waals surface area (Å²) in [4.78, 5) is 69.6. The minimum absolute atomic E-state index is 0.00113. The van der Waals surface area contributed by atoms with Crippen LogP contribution in [0.25, 0.3) is 0 Å². The summed E-state index contributed by atoms with van der Waals surface area (Å²) in [6.45, 7) is 3.04. The summed E-state index contributed by atoms with van der Waals surface area (Å²) in [6, 6.07) is -3.47. The quantitative estimate of drug-likeness (QED) is 0.137. The van der Waals surface area contributed by atoms with Crippen LogP contribution in [0.2, 0.25) is 0 Å². The van der Waals surface area contributed by atoms with Crippen LogP contribution in [0.5, 0.6) is 0 Å². The van der Waals surface area contributed by atoms with Crippen LogP contribution in [0, 0.1) is 5.92 Å². The molecular weight excluding hydrogens is 412 g/mol. The molecule has 3 atom stereocenters. The SMILES string of the molecule is CC(C)CC(NC(=O)C(CCC(N)=O)NC(=O)CNC(=O)C(N)CCC(N)=O)C(=O)O. The maximum absolute atomic E-state index is 12.5. The molecule has 5 amide bonds. The first kappa shape index (κ1) is 27.8. The number of hydrogen-bond acceptors (Lipinski definition) is 7. The van der Waals surface area contributed by atoms with E-state index in [4.69, 9.17) is 17.2 Å². The maximum atomic E-state index is 12.5. The van der Waals surface area contributed by atoms with E-state index < -0.39 is 60.2 Å². The molecule has 0 radical (unpaired) electrons. The third-order valence-electron chi connectivity index (χ3n) is 4.11. The smallest absolute Gasteiger partial charge is 0.326 e. The average molecular weight is 444 g/mol. The van der Waals surface area contributed by atoms with Crippen molar-refractivity contribution in [1.29, 1.82) is 0 Å². The van der Waals surface area contributed by atoms with Gasteiger partial charge < -0.3 is 38.3 Å². The van der Waals surface area contributed by atoms with Gasteiger partial charge in [-0.25, -0.2) is 4.79 Å². The number of carboxylic acids is 1. The summed E-state index contributed by atoms with van der Waals surface area (Å²) in [5.74, 6) is -4.85. The molecule has 3 unspecified atom stereocenters. The van der Waals surface area contributed by atoms with Crippen molar-refractivity contribution in [1.82, 2.24) is 16.0 Å². The predicted molar refractivity (Wildman–Crippen MR) is 109 cm³/mol. The zero-order valence-corrected chi connectivity index (χ0v) is 17.7. The van der Waals surface area contributed by atoms with Crippen molar-refractivity contribution in [3.63, 3.8) is 0 Å². The van der Waals surface area contributed by atoms with Gasteiger partial charge in [-0.2, -0.15) is 0 Å². The van der Waals surface area contributed by atoms with E-state index in [2.05, 4.69) is 16.0 Å². The molecule has 0 bridgehead atoms. The topological polar surface area (TPSA) is 237 Å². The standard InChI is InChI=1S/C18H32N6O7/c1-9(2)7-12(18(30)31)24-17(29)11(4-6-14(21)26)23-15(27)8-22-16(28)10(19)3-5-13(20)25/h9-12H,3-8,19H2,1-2H3,(H2,20,25)(H2,21,26)(H,22,28)(H,23,27)(H,24,29)(H,30,31). The monoisotopic (exact) mass is 444 g/mol. The van der Waals surface area contributed by atoms with Gasteiger partial charge in [0.15, 0.2) is 0 Å². The molecule has 0 heterocycles. The Balaban J connectivity index is 4.93. The molecule has 31 heavy (non-hydrogen) atoms. The molecule has 13 heteroatoms. The number of aliphatic carboxylic acids is 1. The van der Waals surface area contributed by atoms with Crippen molar-refractivity contribution >= 4 is 35.5 Å². The van der Waals surface area contributed by atoms with Gasteiger partial charge in [0.05, 0.1) is 12.6 Å². The van der Waals surface area contributed by atoms with Gasteiger partial charge in [0.2, 0.25) is 29.5 Å². The molecule has 0 fully saturated rings. The number of primary amides is 2. The van der Waals surface area contributed by atoms with E-state index in [1.807, 2.05) is 0 Å². The van der Waals surface area contributed by atoms with E-state index in [1.54, 1.807) is 13.8 Å². The molecular formula is C18H32N6O7. The van der Waals surface area contributed by atoms with Crippen molar-refractivity contribution < 1.29 is 33.9 Å².